The lowest BCUT2D eigenvalue weighted by Crippen LogP contribution is -2.15. The Bertz CT molecular complexity index is 2700. The highest BCUT2D eigenvalue weighted by atomic mass is 14.4. The molecule has 0 saturated carbocycles. The molecule has 1 aliphatic rings. The van der Waals surface area contributed by atoms with E-state index in [0.717, 1.165) is 0 Å². The van der Waals surface area contributed by atoms with Crippen LogP contribution in [0.5, 0.6) is 0 Å². The molecule has 0 bridgehead atoms. The van der Waals surface area contributed by atoms with Gasteiger partial charge in [-0.2, -0.15) is 0 Å². The molecule has 220 valence electrons. The van der Waals surface area contributed by atoms with Crippen molar-refractivity contribution in [3.8, 4) is 33.4 Å². The largest absolute Gasteiger partial charge is 0.0616 e. The number of fused-ring (bicyclic) bond motifs is 10. The van der Waals surface area contributed by atoms with Crippen molar-refractivity contribution in [3.05, 3.63) is 169 Å². The Hall–Kier alpha value is -5.72. The highest BCUT2D eigenvalue weighted by molar-refractivity contribution is 6.26. The summed E-state index contributed by atoms with van der Waals surface area (Å²) in [5.74, 6) is 0. The predicted octanol–water partition coefficient (Wildman–Crippen LogP) is 13.1. The van der Waals surface area contributed by atoms with Crippen molar-refractivity contribution in [3.63, 3.8) is 0 Å². The molecule has 1 aliphatic carbocycles. The first-order chi connectivity index (χ1) is 23.1. The van der Waals surface area contributed by atoms with Crippen LogP contribution in [0.15, 0.2) is 158 Å². The molecule has 9 aromatic carbocycles. The van der Waals surface area contributed by atoms with Crippen LogP contribution in [0.4, 0.5) is 0 Å². The Labute approximate surface area is 274 Å². The molecule has 0 amide bonds. The van der Waals surface area contributed by atoms with Crippen LogP contribution >= 0.6 is 0 Å². The number of hydrogen-bond donors (Lipinski definition) is 0. The SMILES string of the molecule is CC1(C)c2cc(-c3c4ccccc4c(-c4cccc5ccccc45)c4ccccc34)c3ccccc3c2-c2ccc3ccccc3c21. The number of benzene rings is 9. The van der Waals surface area contributed by atoms with Gasteiger partial charge in [0.05, 0.1) is 0 Å². The summed E-state index contributed by atoms with van der Waals surface area (Å²) >= 11 is 0. The van der Waals surface area contributed by atoms with E-state index in [0.29, 0.717) is 0 Å². The van der Waals surface area contributed by atoms with E-state index in [1.54, 1.807) is 0 Å². The first-order valence-corrected chi connectivity index (χ1v) is 16.6. The zero-order chi connectivity index (χ0) is 31.3. The van der Waals surface area contributed by atoms with Crippen LogP contribution in [0.2, 0.25) is 0 Å². The molecule has 0 heteroatoms. The van der Waals surface area contributed by atoms with Gasteiger partial charge in [0.1, 0.15) is 0 Å². The van der Waals surface area contributed by atoms with Gasteiger partial charge in [-0.25, -0.2) is 0 Å². The fourth-order valence-corrected chi connectivity index (χ4v) is 8.81. The van der Waals surface area contributed by atoms with Gasteiger partial charge >= 0.3 is 0 Å². The van der Waals surface area contributed by atoms with E-state index in [4.69, 9.17) is 0 Å². The van der Waals surface area contributed by atoms with Gasteiger partial charge in [-0.3, -0.25) is 0 Å². The maximum atomic E-state index is 2.54. The molecule has 0 N–H and O–H groups in total. The molecule has 0 unspecified atom stereocenters. The van der Waals surface area contributed by atoms with Crippen LogP contribution < -0.4 is 0 Å². The Morgan fingerprint density at radius 2 is 0.766 bits per heavy atom. The molecule has 10 rings (SSSR count). The maximum Gasteiger partial charge on any atom is 0.0165 e. The van der Waals surface area contributed by atoms with Crippen molar-refractivity contribution >= 4 is 53.9 Å². The highest BCUT2D eigenvalue weighted by Gasteiger charge is 2.38. The molecule has 0 heterocycles. The summed E-state index contributed by atoms with van der Waals surface area (Å²) in [4.78, 5) is 0. The number of rotatable bonds is 2. The molecule has 0 aliphatic heterocycles. The molecule has 0 spiro atoms. The van der Waals surface area contributed by atoms with Crippen LogP contribution in [0.25, 0.3) is 87.2 Å². The summed E-state index contributed by atoms with van der Waals surface area (Å²) in [5, 5.41) is 13.0. The lowest BCUT2D eigenvalue weighted by atomic mass is 9.78. The predicted molar refractivity (Wildman–Crippen MR) is 202 cm³/mol. The Morgan fingerprint density at radius 3 is 1.38 bits per heavy atom. The summed E-state index contributed by atoms with van der Waals surface area (Å²) in [6.07, 6.45) is 0. The van der Waals surface area contributed by atoms with Gasteiger partial charge < -0.3 is 0 Å². The van der Waals surface area contributed by atoms with Crippen molar-refractivity contribution in [2.75, 3.05) is 0 Å². The standard InChI is InChI=1S/C47H32/c1-47(2)42-28-41(33-19-7-8-20-35(33)45(42)40-27-26-30-15-4-6-18-32(30)46(40)47)44-38-23-11-9-21-36(38)43(37-22-10-12-24-39(37)44)34-25-13-16-29-14-3-5-17-31(29)34/h3-28H,1-2H3. The van der Waals surface area contributed by atoms with Gasteiger partial charge in [0.15, 0.2) is 0 Å². The van der Waals surface area contributed by atoms with Crippen LogP contribution in [-0.4, -0.2) is 0 Å². The van der Waals surface area contributed by atoms with E-state index in [9.17, 15) is 0 Å². The van der Waals surface area contributed by atoms with Crippen molar-refractivity contribution in [1.82, 2.24) is 0 Å². The summed E-state index contributed by atoms with van der Waals surface area (Å²) < 4.78 is 0. The third-order valence-electron chi connectivity index (χ3n) is 10.8. The minimum absolute atomic E-state index is 0.154. The van der Waals surface area contributed by atoms with E-state index in [1.807, 2.05) is 0 Å². The zero-order valence-electron chi connectivity index (χ0n) is 26.5. The van der Waals surface area contributed by atoms with E-state index in [2.05, 4.69) is 172 Å². The molecule has 0 nitrogen and oxygen atoms in total. The van der Waals surface area contributed by atoms with Crippen LogP contribution in [0, 0.1) is 0 Å². The normalized spacial score (nSPS) is 13.5. The topological polar surface area (TPSA) is 0 Å². The van der Waals surface area contributed by atoms with Gasteiger partial charge in [-0.05, 0) is 104 Å². The molecular formula is C47H32. The molecule has 0 aromatic heterocycles. The summed E-state index contributed by atoms with van der Waals surface area (Å²) in [6, 6.07) is 58.8. The van der Waals surface area contributed by atoms with Crippen LogP contribution in [0.3, 0.4) is 0 Å². The van der Waals surface area contributed by atoms with Gasteiger partial charge in [-0.15, -0.1) is 0 Å². The van der Waals surface area contributed by atoms with Gasteiger partial charge in [0.2, 0.25) is 0 Å². The molecule has 0 fully saturated rings. The van der Waals surface area contributed by atoms with Crippen LogP contribution in [0.1, 0.15) is 25.0 Å². The minimum Gasteiger partial charge on any atom is -0.0616 e. The molecule has 0 radical (unpaired) electrons. The monoisotopic (exact) mass is 596 g/mol. The molecule has 9 aromatic rings. The summed E-state index contributed by atoms with van der Waals surface area (Å²) in [5.41, 5.74) is 10.7. The van der Waals surface area contributed by atoms with Crippen LogP contribution in [-0.2, 0) is 5.41 Å². The van der Waals surface area contributed by atoms with E-state index in [-0.39, 0.29) is 5.41 Å². The molecular weight excluding hydrogens is 565 g/mol. The smallest absolute Gasteiger partial charge is 0.0165 e. The molecule has 47 heavy (non-hydrogen) atoms. The average Bonchev–Trinajstić information content (AvgIpc) is 3.36. The Kier molecular flexibility index (Phi) is 5.44. The lowest BCUT2D eigenvalue weighted by Gasteiger charge is -2.25. The molecule has 0 atom stereocenters. The summed E-state index contributed by atoms with van der Waals surface area (Å²) in [6.45, 7) is 4.84. The lowest BCUT2D eigenvalue weighted by molar-refractivity contribution is 0.667. The second-order valence-electron chi connectivity index (χ2n) is 13.6. The molecule has 0 saturated heterocycles. The van der Waals surface area contributed by atoms with E-state index in [1.165, 1.54) is 98.4 Å². The first-order valence-electron chi connectivity index (χ1n) is 16.6. The van der Waals surface area contributed by atoms with Crippen molar-refractivity contribution in [2.45, 2.75) is 19.3 Å². The third kappa shape index (κ3) is 3.59. The average molecular weight is 597 g/mol. The van der Waals surface area contributed by atoms with Gasteiger partial charge in [-0.1, -0.05) is 166 Å². The van der Waals surface area contributed by atoms with Crippen molar-refractivity contribution in [1.29, 1.82) is 0 Å². The van der Waals surface area contributed by atoms with Gasteiger partial charge in [0.25, 0.3) is 0 Å². The third-order valence-corrected chi connectivity index (χ3v) is 10.8. The minimum atomic E-state index is -0.154. The zero-order valence-corrected chi connectivity index (χ0v) is 26.5. The Balaban J connectivity index is 1.36. The first kappa shape index (κ1) is 26.5. The highest BCUT2D eigenvalue weighted by Crippen LogP contribution is 2.56. The van der Waals surface area contributed by atoms with Crippen molar-refractivity contribution in [2.24, 2.45) is 0 Å². The van der Waals surface area contributed by atoms with E-state index < -0.39 is 0 Å². The summed E-state index contributed by atoms with van der Waals surface area (Å²) in [7, 11) is 0. The number of hydrogen-bond acceptors (Lipinski definition) is 0. The second kappa shape index (κ2) is 9.64. The second-order valence-corrected chi connectivity index (χ2v) is 13.6. The Morgan fingerprint density at radius 1 is 0.319 bits per heavy atom. The quantitative estimate of drug-likeness (QED) is 0.174. The fourth-order valence-electron chi connectivity index (χ4n) is 8.81. The maximum absolute atomic E-state index is 2.54. The fraction of sp³-hybridized carbons (Fsp3) is 0.0638. The van der Waals surface area contributed by atoms with E-state index >= 15 is 0 Å². The van der Waals surface area contributed by atoms with Gasteiger partial charge in [0, 0.05) is 5.41 Å². The van der Waals surface area contributed by atoms with Crippen molar-refractivity contribution < 1.29 is 0 Å².